The molecule has 0 saturated heterocycles. The molecule has 1 heterocycles. The fourth-order valence-corrected chi connectivity index (χ4v) is 3.01. The predicted octanol–water partition coefficient (Wildman–Crippen LogP) is 4.96. The predicted molar refractivity (Wildman–Crippen MR) is 88.3 cm³/mol. The van der Waals surface area contributed by atoms with Gasteiger partial charge in [-0.1, -0.05) is 48.0 Å². The first-order valence-electron chi connectivity index (χ1n) is 7.30. The Morgan fingerprint density at radius 3 is 2.81 bits per heavy atom. The van der Waals surface area contributed by atoms with Gasteiger partial charge in [0.15, 0.2) is 0 Å². The molecule has 0 radical (unpaired) electrons. The van der Waals surface area contributed by atoms with Crippen LogP contribution in [0.15, 0.2) is 46.9 Å². The molecule has 3 rings (SSSR count). The molecule has 1 aliphatic rings. The Hall–Kier alpha value is -1.48. The second-order valence-corrected chi connectivity index (χ2v) is 6.62. The highest BCUT2D eigenvalue weighted by Crippen LogP contribution is 2.31. The Kier molecular flexibility index (Phi) is 4.20. The van der Waals surface area contributed by atoms with Crippen LogP contribution in [0.1, 0.15) is 30.9 Å². The van der Waals surface area contributed by atoms with Gasteiger partial charge in [0.05, 0.1) is 0 Å². The number of ether oxygens (including phenoxy) is 2. The van der Waals surface area contributed by atoms with Gasteiger partial charge in [-0.2, -0.15) is 0 Å². The van der Waals surface area contributed by atoms with E-state index in [1.807, 2.05) is 24.3 Å². The lowest BCUT2D eigenvalue weighted by molar-refractivity contribution is 0.147. The molecule has 0 bridgehead atoms. The minimum atomic E-state index is 0.103. The maximum Gasteiger partial charge on any atom is 0.137 e. The summed E-state index contributed by atoms with van der Waals surface area (Å²) in [5.74, 6) is 2.37. The van der Waals surface area contributed by atoms with Crippen LogP contribution in [0.25, 0.3) is 0 Å². The first-order chi connectivity index (χ1) is 10.1. The summed E-state index contributed by atoms with van der Waals surface area (Å²) in [6.45, 7) is 4.93. The summed E-state index contributed by atoms with van der Waals surface area (Å²) in [5, 5.41) is 0. The van der Waals surface area contributed by atoms with Crippen LogP contribution in [0.3, 0.4) is 0 Å². The molecule has 1 unspecified atom stereocenters. The molecule has 3 heteroatoms. The van der Waals surface area contributed by atoms with Crippen molar-refractivity contribution in [1.82, 2.24) is 0 Å². The summed E-state index contributed by atoms with van der Waals surface area (Å²) in [6.07, 6.45) is 1.02. The highest BCUT2D eigenvalue weighted by atomic mass is 79.9. The van der Waals surface area contributed by atoms with Crippen LogP contribution < -0.4 is 9.47 Å². The summed E-state index contributed by atoms with van der Waals surface area (Å²) in [5.41, 5.74) is 2.49. The van der Waals surface area contributed by atoms with Gasteiger partial charge in [-0.15, -0.1) is 0 Å². The first kappa shape index (κ1) is 14.5. The van der Waals surface area contributed by atoms with Crippen molar-refractivity contribution in [3.05, 3.63) is 58.1 Å². The lowest BCUT2D eigenvalue weighted by Gasteiger charge is -2.17. The molecule has 110 valence electrons. The van der Waals surface area contributed by atoms with Crippen molar-refractivity contribution in [2.24, 2.45) is 0 Å². The Labute approximate surface area is 134 Å². The van der Waals surface area contributed by atoms with Crippen LogP contribution >= 0.6 is 15.9 Å². The monoisotopic (exact) mass is 346 g/mol. The molecule has 2 nitrogen and oxygen atoms in total. The SMILES string of the molecule is CC(C)c1cc(Br)ccc1OCC1Cc2ccccc2O1. The largest absolute Gasteiger partial charge is 0.489 e. The molecule has 0 aliphatic carbocycles. The minimum Gasteiger partial charge on any atom is -0.489 e. The molecule has 1 aliphatic heterocycles. The van der Waals surface area contributed by atoms with Crippen molar-refractivity contribution in [2.75, 3.05) is 6.61 Å². The van der Waals surface area contributed by atoms with Crippen LogP contribution in [0, 0.1) is 0 Å². The van der Waals surface area contributed by atoms with Crippen LogP contribution in [0.5, 0.6) is 11.5 Å². The number of para-hydroxylation sites is 1. The van der Waals surface area contributed by atoms with Gasteiger partial charge in [-0.3, -0.25) is 0 Å². The standard InChI is InChI=1S/C18H19BrO2/c1-12(2)16-10-14(19)7-8-18(16)20-11-15-9-13-5-3-4-6-17(13)21-15/h3-8,10,12,15H,9,11H2,1-2H3. The summed E-state index contributed by atoms with van der Waals surface area (Å²) >= 11 is 3.52. The zero-order valence-corrected chi connectivity index (χ0v) is 13.9. The van der Waals surface area contributed by atoms with Gasteiger partial charge < -0.3 is 9.47 Å². The maximum absolute atomic E-state index is 6.02. The number of halogens is 1. The molecule has 2 aromatic carbocycles. The van der Waals surface area contributed by atoms with Crippen molar-refractivity contribution in [2.45, 2.75) is 32.3 Å². The quantitative estimate of drug-likeness (QED) is 0.779. The van der Waals surface area contributed by atoms with E-state index in [4.69, 9.17) is 9.47 Å². The van der Waals surface area contributed by atoms with E-state index >= 15 is 0 Å². The van der Waals surface area contributed by atoms with E-state index in [1.165, 1.54) is 11.1 Å². The Morgan fingerprint density at radius 1 is 1.24 bits per heavy atom. The second-order valence-electron chi connectivity index (χ2n) is 5.70. The molecule has 1 atom stereocenters. The molecular formula is C18H19BrO2. The molecule has 0 amide bonds. The highest BCUT2D eigenvalue weighted by molar-refractivity contribution is 9.10. The number of hydrogen-bond donors (Lipinski definition) is 0. The molecule has 0 N–H and O–H groups in total. The van der Waals surface area contributed by atoms with Crippen molar-refractivity contribution in [1.29, 1.82) is 0 Å². The number of fused-ring (bicyclic) bond motifs is 1. The Bertz CT molecular complexity index is 612. The maximum atomic E-state index is 6.02. The fraction of sp³-hybridized carbons (Fsp3) is 0.333. The smallest absolute Gasteiger partial charge is 0.137 e. The van der Waals surface area contributed by atoms with Crippen LogP contribution in [0.2, 0.25) is 0 Å². The van der Waals surface area contributed by atoms with Crippen LogP contribution in [-0.4, -0.2) is 12.7 Å². The summed E-state index contributed by atoms with van der Waals surface area (Å²) < 4.78 is 13.0. The van der Waals surface area contributed by atoms with E-state index in [0.717, 1.165) is 22.4 Å². The average molecular weight is 347 g/mol. The molecule has 0 aromatic heterocycles. The third-order valence-corrected chi connectivity index (χ3v) is 4.23. The van der Waals surface area contributed by atoms with Crippen molar-refractivity contribution in [3.63, 3.8) is 0 Å². The lowest BCUT2D eigenvalue weighted by atomic mass is 10.0. The molecule has 0 saturated carbocycles. The summed E-state index contributed by atoms with van der Waals surface area (Å²) in [6, 6.07) is 14.4. The number of rotatable bonds is 4. The van der Waals surface area contributed by atoms with Crippen molar-refractivity contribution in [3.8, 4) is 11.5 Å². The summed E-state index contributed by atoms with van der Waals surface area (Å²) in [7, 11) is 0. The summed E-state index contributed by atoms with van der Waals surface area (Å²) in [4.78, 5) is 0. The number of benzene rings is 2. The van der Waals surface area contributed by atoms with Crippen LogP contribution in [-0.2, 0) is 6.42 Å². The second kappa shape index (κ2) is 6.10. The first-order valence-corrected chi connectivity index (χ1v) is 8.09. The topological polar surface area (TPSA) is 18.5 Å². The molecule has 0 fully saturated rings. The van der Waals surface area contributed by atoms with Gasteiger partial charge >= 0.3 is 0 Å². The van der Waals surface area contributed by atoms with Gasteiger partial charge in [0.1, 0.15) is 24.2 Å². The van der Waals surface area contributed by atoms with Crippen molar-refractivity contribution < 1.29 is 9.47 Å². The molecule has 0 spiro atoms. The highest BCUT2D eigenvalue weighted by Gasteiger charge is 2.23. The number of hydrogen-bond acceptors (Lipinski definition) is 2. The Balaban J connectivity index is 1.67. The zero-order valence-electron chi connectivity index (χ0n) is 12.3. The van der Waals surface area contributed by atoms with Gasteiger partial charge in [-0.05, 0) is 41.3 Å². The third-order valence-electron chi connectivity index (χ3n) is 3.73. The molecule has 21 heavy (non-hydrogen) atoms. The van der Waals surface area contributed by atoms with E-state index in [1.54, 1.807) is 0 Å². The van der Waals surface area contributed by atoms with E-state index in [9.17, 15) is 0 Å². The lowest BCUT2D eigenvalue weighted by Crippen LogP contribution is -2.22. The zero-order chi connectivity index (χ0) is 14.8. The van der Waals surface area contributed by atoms with E-state index < -0.39 is 0 Å². The third kappa shape index (κ3) is 3.24. The Morgan fingerprint density at radius 2 is 2.05 bits per heavy atom. The van der Waals surface area contributed by atoms with Crippen molar-refractivity contribution >= 4 is 15.9 Å². The van der Waals surface area contributed by atoms with Gasteiger partial charge in [-0.25, -0.2) is 0 Å². The van der Waals surface area contributed by atoms with E-state index in [0.29, 0.717) is 12.5 Å². The average Bonchev–Trinajstić information content (AvgIpc) is 2.88. The van der Waals surface area contributed by atoms with Gasteiger partial charge in [0.25, 0.3) is 0 Å². The fourth-order valence-electron chi connectivity index (χ4n) is 2.63. The molecule has 2 aromatic rings. The normalized spacial score (nSPS) is 16.7. The molecular weight excluding hydrogens is 328 g/mol. The van der Waals surface area contributed by atoms with Crippen LogP contribution in [0.4, 0.5) is 0 Å². The van der Waals surface area contributed by atoms with E-state index in [-0.39, 0.29) is 6.10 Å². The minimum absolute atomic E-state index is 0.103. The van der Waals surface area contributed by atoms with Gasteiger partial charge in [0, 0.05) is 10.9 Å². The van der Waals surface area contributed by atoms with E-state index in [2.05, 4.69) is 48.0 Å². The van der Waals surface area contributed by atoms with Gasteiger partial charge in [0.2, 0.25) is 0 Å².